The number of hydrogen-bond acceptors (Lipinski definition) is 5. The molecular formula is C19H32N4O. The van der Waals surface area contributed by atoms with E-state index < -0.39 is 0 Å². The first-order valence-electron chi connectivity index (χ1n) is 9.48. The molecule has 134 valence electrons. The molecule has 0 aromatic carbocycles. The molecule has 3 heterocycles. The van der Waals surface area contributed by atoms with Crippen LogP contribution in [0.1, 0.15) is 50.9 Å². The van der Waals surface area contributed by atoms with Crippen molar-refractivity contribution in [2.45, 2.75) is 52.1 Å². The number of piperidine rings is 1. The minimum absolute atomic E-state index is 0.400. The summed E-state index contributed by atoms with van der Waals surface area (Å²) in [5.74, 6) is 2.16. The standard InChI is InChI=1S/C19H32N4O/c1-15(2)19-20-12-17(13-21-19)14-22-6-4-18(5-7-22)16(3)23-8-10-24-11-9-23/h12-13,15-16,18H,4-11,14H2,1-3H3. The van der Waals surface area contributed by atoms with Crippen LogP contribution in [0.15, 0.2) is 12.4 Å². The fraction of sp³-hybridized carbons (Fsp3) is 0.789. The molecule has 24 heavy (non-hydrogen) atoms. The lowest BCUT2D eigenvalue weighted by Crippen LogP contribution is -2.48. The highest BCUT2D eigenvalue weighted by Crippen LogP contribution is 2.25. The van der Waals surface area contributed by atoms with E-state index >= 15 is 0 Å². The number of hydrogen-bond donors (Lipinski definition) is 0. The van der Waals surface area contributed by atoms with E-state index in [-0.39, 0.29) is 0 Å². The number of rotatable bonds is 5. The van der Waals surface area contributed by atoms with Gasteiger partial charge in [-0.3, -0.25) is 9.80 Å². The van der Waals surface area contributed by atoms with E-state index in [0.29, 0.717) is 12.0 Å². The molecule has 0 radical (unpaired) electrons. The predicted molar refractivity (Wildman–Crippen MR) is 96.0 cm³/mol. The van der Waals surface area contributed by atoms with E-state index in [1.165, 1.54) is 31.5 Å². The van der Waals surface area contributed by atoms with Crippen molar-refractivity contribution in [1.82, 2.24) is 19.8 Å². The molecule has 0 amide bonds. The smallest absolute Gasteiger partial charge is 0.130 e. The summed E-state index contributed by atoms with van der Waals surface area (Å²) in [7, 11) is 0. The van der Waals surface area contributed by atoms with Gasteiger partial charge < -0.3 is 4.74 Å². The zero-order valence-electron chi connectivity index (χ0n) is 15.4. The van der Waals surface area contributed by atoms with Crippen molar-refractivity contribution in [2.24, 2.45) is 5.92 Å². The van der Waals surface area contributed by atoms with Crippen LogP contribution in [-0.4, -0.2) is 65.2 Å². The SMILES string of the molecule is CC(C)c1ncc(CN2CCC(C(C)N3CCOCC3)CC2)cn1. The second-order valence-corrected chi connectivity index (χ2v) is 7.61. The third-order valence-electron chi connectivity index (χ3n) is 5.58. The van der Waals surface area contributed by atoms with Gasteiger partial charge in [-0.2, -0.15) is 0 Å². The maximum absolute atomic E-state index is 5.48. The lowest BCUT2D eigenvalue weighted by Gasteiger charge is -2.41. The summed E-state index contributed by atoms with van der Waals surface area (Å²) in [5.41, 5.74) is 1.24. The average Bonchev–Trinajstić information content (AvgIpc) is 2.63. The molecule has 1 aromatic rings. The Morgan fingerprint density at radius 3 is 2.25 bits per heavy atom. The minimum atomic E-state index is 0.400. The Hall–Kier alpha value is -1.04. The Kier molecular flexibility index (Phi) is 6.19. The van der Waals surface area contributed by atoms with E-state index in [4.69, 9.17) is 4.74 Å². The first kappa shape index (κ1) is 17.8. The van der Waals surface area contributed by atoms with Gasteiger partial charge in [0.15, 0.2) is 0 Å². The first-order valence-corrected chi connectivity index (χ1v) is 9.48. The van der Waals surface area contributed by atoms with Crippen LogP contribution in [0.5, 0.6) is 0 Å². The second-order valence-electron chi connectivity index (χ2n) is 7.61. The number of aromatic nitrogens is 2. The molecule has 0 saturated carbocycles. The summed E-state index contributed by atoms with van der Waals surface area (Å²) in [6, 6.07) is 0.685. The van der Waals surface area contributed by atoms with Crippen molar-refractivity contribution in [3.05, 3.63) is 23.8 Å². The number of likely N-dealkylation sites (tertiary alicyclic amines) is 1. The average molecular weight is 332 g/mol. The van der Waals surface area contributed by atoms with Gasteiger partial charge in [0, 0.05) is 49.6 Å². The zero-order chi connectivity index (χ0) is 16.9. The highest BCUT2D eigenvalue weighted by molar-refractivity contribution is 5.07. The van der Waals surface area contributed by atoms with Crippen molar-refractivity contribution >= 4 is 0 Å². The molecule has 2 saturated heterocycles. The number of nitrogens with zero attached hydrogens (tertiary/aromatic N) is 4. The lowest BCUT2D eigenvalue weighted by molar-refractivity contribution is -0.00193. The molecule has 3 rings (SSSR count). The van der Waals surface area contributed by atoms with Gasteiger partial charge in [0.25, 0.3) is 0 Å². The highest BCUT2D eigenvalue weighted by atomic mass is 16.5. The quantitative estimate of drug-likeness (QED) is 0.829. The van der Waals surface area contributed by atoms with Crippen LogP contribution >= 0.6 is 0 Å². The maximum Gasteiger partial charge on any atom is 0.130 e. The molecule has 1 unspecified atom stereocenters. The molecule has 1 atom stereocenters. The van der Waals surface area contributed by atoms with Crippen molar-refractivity contribution in [3.63, 3.8) is 0 Å². The van der Waals surface area contributed by atoms with Crippen molar-refractivity contribution in [2.75, 3.05) is 39.4 Å². The Bertz CT molecular complexity index is 491. The van der Waals surface area contributed by atoms with Gasteiger partial charge in [-0.15, -0.1) is 0 Å². The maximum atomic E-state index is 5.48. The van der Waals surface area contributed by atoms with Crippen molar-refractivity contribution in [3.8, 4) is 0 Å². The normalized spacial score (nSPS) is 22.8. The largest absolute Gasteiger partial charge is 0.379 e. The van der Waals surface area contributed by atoms with Crippen LogP contribution in [0.4, 0.5) is 0 Å². The van der Waals surface area contributed by atoms with E-state index in [1.807, 2.05) is 12.4 Å². The molecule has 5 nitrogen and oxygen atoms in total. The van der Waals surface area contributed by atoms with Gasteiger partial charge in [0.2, 0.25) is 0 Å². The molecule has 2 fully saturated rings. The number of morpholine rings is 1. The van der Waals surface area contributed by atoms with Crippen LogP contribution < -0.4 is 0 Å². The predicted octanol–water partition coefficient (Wildman–Crippen LogP) is 2.53. The summed E-state index contributed by atoms with van der Waals surface area (Å²) in [4.78, 5) is 14.1. The Balaban J connectivity index is 1.46. The van der Waals surface area contributed by atoms with Crippen molar-refractivity contribution < 1.29 is 4.74 Å². The van der Waals surface area contributed by atoms with Crippen LogP contribution in [0.25, 0.3) is 0 Å². The molecule has 5 heteroatoms. The number of ether oxygens (including phenoxy) is 1. The van der Waals surface area contributed by atoms with Crippen LogP contribution in [0.3, 0.4) is 0 Å². The van der Waals surface area contributed by atoms with Crippen molar-refractivity contribution in [1.29, 1.82) is 0 Å². The van der Waals surface area contributed by atoms with Crippen LogP contribution in [-0.2, 0) is 11.3 Å². The van der Waals surface area contributed by atoms with Gasteiger partial charge in [0.1, 0.15) is 5.82 Å². The molecule has 1 aromatic heterocycles. The minimum Gasteiger partial charge on any atom is -0.379 e. The topological polar surface area (TPSA) is 41.5 Å². The van der Waals surface area contributed by atoms with E-state index in [2.05, 4.69) is 40.5 Å². The molecule has 0 aliphatic carbocycles. The molecule has 2 aliphatic heterocycles. The molecule has 2 aliphatic rings. The molecule has 0 spiro atoms. The van der Waals surface area contributed by atoms with Gasteiger partial charge in [-0.1, -0.05) is 13.8 Å². The van der Waals surface area contributed by atoms with Gasteiger partial charge >= 0.3 is 0 Å². The van der Waals surface area contributed by atoms with Gasteiger partial charge in [-0.05, 0) is 38.8 Å². The Morgan fingerprint density at radius 2 is 1.67 bits per heavy atom. The monoisotopic (exact) mass is 332 g/mol. The lowest BCUT2D eigenvalue weighted by atomic mass is 9.89. The Morgan fingerprint density at radius 1 is 1.04 bits per heavy atom. The van der Waals surface area contributed by atoms with Gasteiger partial charge in [-0.25, -0.2) is 9.97 Å². The fourth-order valence-electron chi connectivity index (χ4n) is 3.88. The van der Waals surface area contributed by atoms with E-state index in [9.17, 15) is 0 Å². The summed E-state index contributed by atoms with van der Waals surface area (Å²) in [6.07, 6.45) is 6.60. The highest BCUT2D eigenvalue weighted by Gasteiger charge is 2.28. The summed E-state index contributed by atoms with van der Waals surface area (Å²) in [6.45, 7) is 14.0. The zero-order valence-corrected chi connectivity index (χ0v) is 15.4. The summed E-state index contributed by atoms with van der Waals surface area (Å²) >= 11 is 0. The second kappa shape index (κ2) is 8.37. The van der Waals surface area contributed by atoms with Gasteiger partial charge in [0.05, 0.1) is 13.2 Å². The molecular weight excluding hydrogens is 300 g/mol. The third kappa shape index (κ3) is 4.52. The summed E-state index contributed by atoms with van der Waals surface area (Å²) < 4.78 is 5.48. The molecule has 0 N–H and O–H groups in total. The Labute approximate surface area is 146 Å². The first-order chi connectivity index (χ1) is 11.6. The third-order valence-corrected chi connectivity index (χ3v) is 5.58. The fourth-order valence-corrected chi connectivity index (χ4v) is 3.88. The van der Waals surface area contributed by atoms with E-state index in [1.54, 1.807) is 0 Å². The summed E-state index contributed by atoms with van der Waals surface area (Å²) in [5, 5.41) is 0. The van der Waals surface area contributed by atoms with E-state index in [0.717, 1.165) is 44.6 Å². The van der Waals surface area contributed by atoms with Crippen LogP contribution in [0.2, 0.25) is 0 Å². The van der Waals surface area contributed by atoms with Crippen LogP contribution in [0, 0.1) is 5.92 Å². The molecule has 0 bridgehead atoms.